The highest BCUT2D eigenvalue weighted by Gasteiger charge is 2.39. The standard InChI is InChI=1S/C14H16F3NS/c15-14(16,17)19-12-5-1-9(2-6-12)13-7-10(13)8-18-11-3-4-11/h1-2,5-6,10-11,13,18H,3-4,7-8H2. The zero-order valence-electron chi connectivity index (χ0n) is 10.4. The summed E-state index contributed by atoms with van der Waals surface area (Å²) in [5, 5.41) is 3.51. The number of alkyl halides is 3. The van der Waals surface area contributed by atoms with E-state index in [4.69, 9.17) is 0 Å². The molecular formula is C14H16F3NS. The van der Waals surface area contributed by atoms with Crippen LogP contribution in [-0.4, -0.2) is 18.1 Å². The van der Waals surface area contributed by atoms with Crippen molar-refractivity contribution in [3.8, 4) is 0 Å². The Balaban J connectivity index is 1.52. The van der Waals surface area contributed by atoms with E-state index >= 15 is 0 Å². The largest absolute Gasteiger partial charge is 0.446 e. The van der Waals surface area contributed by atoms with E-state index in [2.05, 4.69) is 5.32 Å². The number of thioether (sulfide) groups is 1. The fourth-order valence-electron chi connectivity index (χ4n) is 2.40. The zero-order chi connectivity index (χ0) is 13.5. The lowest BCUT2D eigenvalue weighted by Crippen LogP contribution is -2.19. The third kappa shape index (κ3) is 3.89. The zero-order valence-corrected chi connectivity index (χ0v) is 11.2. The highest BCUT2D eigenvalue weighted by atomic mass is 32.2. The number of benzene rings is 1. The predicted molar refractivity (Wildman–Crippen MR) is 70.2 cm³/mol. The van der Waals surface area contributed by atoms with Gasteiger partial charge in [0.1, 0.15) is 0 Å². The normalized spacial score (nSPS) is 26.5. The Morgan fingerprint density at radius 2 is 1.84 bits per heavy atom. The summed E-state index contributed by atoms with van der Waals surface area (Å²) in [6.45, 7) is 1.05. The molecule has 0 radical (unpaired) electrons. The molecule has 2 aliphatic carbocycles. The lowest BCUT2D eigenvalue weighted by Gasteiger charge is -2.07. The van der Waals surface area contributed by atoms with Gasteiger partial charge in [0, 0.05) is 10.9 Å². The second-order valence-corrected chi connectivity index (χ2v) is 6.54. The third-order valence-electron chi connectivity index (χ3n) is 3.71. The summed E-state index contributed by atoms with van der Waals surface area (Å²) in [5.74, 6) is 1.21. The Labute approximate surface area is 115 Å². The third-order valence-corrected chi connectivity index (χ3v) is 4.45. The molecule has 1 aromatic rings. The van der Waals surface area contributed by atoms with Crippen LogP contribution in [0.15, 0.2) is 29.2 Å². The predicted octanol–water partition coefficient (Wildman–Crippen LogP) is 4.15. The van der Waals surface area contributed by atoms with Gasteiger partial charge in [0.15, 0.2) is 0 Å². The highest BCUT2D eigenvalue weighted by molar-refractivity contribution is 8.00. The second-order valence-electron chi connectivity index (χ2n) is 5.40. The van der Waals surface area contributed by atoms with Gasteiger partial charge in [-0.25, -0.2) is 0 Å². The van der Waals surface area contributed by atoms with E-state index in [1.165, 1.54) is 18.4 Å². The molecule has 2 atom stereocenters. The van der Waals surface area contributed by atoms with Crippen LogP contribution >= 0.6 is 11.8 Å². The van der Waals surface area contributed by atoms with Crippen molar-refractivity contribution in [3.63, 3.8) is 0 Å². The first kappa shape index (κ1) is 13.3. The summed E-state index contributed by atoms with van der Waals surface area (Å²) in [4.78, 5) is 0.268. The van der Waals surface area contributed by atoms with Gasteiger partial charge >= 0.3 is 5.51 Å². The SMILES string of the molecule is FC(F)(F)Sc1ccc(C2CC2CNC2CC2)cc1. The molecule has 104 valence electrons. The van der Waals surface area contributed by atoms with Crippen LogP contribution in [0.5, 0.6) is 0 Å². The Kier molecular flexibility index (Phi) is 3.52. The lowest BCUT2D eigenvalue weighted by molar-refractivity contribution is -0.0328. The van der Waals surface area contributed by atoms with Crippen LogP contribution in [0.1, 0.15) is 30.7 Å². The molecular weight excluding hydrogens is 271 g/mol. The summed E-state index contributed by atoms with van der Waals surface area (Å²) < 4.78 is 36.6. The first-order valence-corrected chi connectivity index (χ1v) is 7.42. The molecule has 0 bridgehead atoms. The molecule has 19 heavy (non-hydrogen) atoms. The van der Waals surface area contributed by atoms with Crippen LogP contribution in [-0.2, 0) is 0 Å². The van der Waals surface area contributed by atoms with E-state index in [1.807, 2.05) is 12.1 Å². The average molecular weight is 287 g/mol. The highest BCUT2D eigenvalue weighted by Crippen LogP contribution is 2.48. The molecule has 2 aliphatic rings. The van der Waals surface area contributed by atoms with Crippen molar-refractivity contribution in [3.05, 3.63) is 29.8 Å². The summed E-state index contributed by atoms with van der Waals surface area (Å²) in [5.41, 5.74) is -3.02. The molecule has 0 aromatic heterocycles. The maximum Gasteiger partial charge on any atom is 0.446 e. The molecule has 0 spiro atoms. The maximum absolute atomic E-state index is 12.2. The number of hydrogen-bond donors (Lipinski definition) is 1. The number of halogens is 3. The number of hydrogen-bond acceptors (Lipinski definition) is 2. The van der Waals surface area contributed by atoms with Crippen molar-refractivity contribution in [1.29, 1.82) is 0 Å². The van der Waals surface area contributed by atoms with Crippen molar-refractivity contribution >= 4 is 11.8 Å². The number of rotatable bonds is 5. The molecule has 2 saturated carbocycles. The van der Waals surface area contributed by atoms with E-state index in [9.17, 15) is 13.2 Å². The lowest BCUT2D eigenvalue weighted by atomic mass is 10.1. The van der Waals surface area contributed by atoms with Crippen molar-refractivity contribution in [2.45, 2.75) is 41.6 Å². The monoisotopic (exact) mass is 287 g/mol. The van der Waals surface area contributed by atoms with E-state index < -0.39 is 5.51 Å². The fourth-order valence-corrected chi connectivity index (χ4v) is 2.94. The Morgan fingerprint density at radius 3 is 2.42 bits per heavy atom. The van der Waals surface area contributed by atoms with Gasteiger partial charge in [-0.15, -0.1) is 0 Å². The van der Waals surface area contributed by atoms with Crippen molar-refractivity contribution in [1.82, 2.24) is 5.32 Å². The van der Waals surface area contributed by atoms with Crippen LogP contribution in [0.4, 0.5) is 13.2 Å². The van der Waals surface area contributed by atoms with Crippen LogP contribution in [0, 0.1) is 5.92 Å². The molecule has 1 nitrogen and oxygen atoms in total. The van der Waals surface area contributed by atoms with Crippen LogP contribution < -0.4 is 5.32 Å². The van der Waals surface area contributed by atoms with Gasteiger partial charge in [0.2, 0.25) is 0 Å². The van der Waals surface area contributed by atoms with Crippen molar-refractivity contribution in [2.24, 2.45) is 5.92 Å². The van der Waals surface area contributed by atoms with Crippen LogP contribution in [0.3, 0.4) is 0 Å². The molecule has 5 heteroatoms. The molecule has 3 rings (SSSR count). The van der Waals surface area contributed by atoms with Gasteiger partial charge in [0.25, 0.3) is 0 Å². The minimum absolute atomic E-state index is 0.0475. The van der Waals surface area contributed by atoms with Crippen molar-refractivity contribution in [2.75, 3.05) is 6.54 Å². The van der Waals surface area contributed by atoms with Gasteiger partial charge in [-0.05, 0) is 67.1 Å². The van der Waals surface area contributed by atoms with Crippen LogP contribution in [0.2, 0.25) is 0 Å². The average Bonchev–Trinajstić information content (AvgIpc) is 3.21. The number of nitrogens with one attached hydrogen (secondary N) is 1. The molecule has 0 heterocycles. The molecule has 0 amide bonds. The molecule has 0 aliphatic heterocycles. The second kappa shape index (κ2) is 5.02. The first-order valence-electron chi connectivity index (χ1n) is 6.60. The van der Waals surface area contributed by atoms with Gasteiger partial charge in [-0.3, -0.25) is 0 Å². The first-order chi connectivity index (χ1) is 9.01. The van der Waals surface area contributed by atoms with Gasteiger partial charge in [0.05, 0.1) is 0 Å². The summed E-state index contributed by atoms with van der Waals surface area (Å²) >= 11 is -0.0475. The van der Waals surface area contributed by atoms with Crippen LogP contribution in [0.25, 0.3) is 0 Å². The Morgan fingerprint density at radius 1 is 1.16 bits per heavy atom. The summed E-state index contributed by atoms with van der Waals surface area (Å²) in [7, 11) is 0. The van der Waals surface area contributed by atoms with E-state index in [0.29, 0.717) is 11.8 Å². The molecule has 2 unspecified atom stereocenters. The van der Waals surface area contributed by atoms with Gasteiger partial charge in [-0.2, -0.15) is 13.2 Å². The summed E-state index contributed by atoms with van der Waals surface area (Å²) in [6.07, 6.45) is 3.74. The van der Waals surface area contributed by atoms with E-state index in [1.54, 1.807) is 12.1 Å². The Bertz CT molecular complexity index is 439. The summed E-state index contributed by atoms with van der Waals surface area (Å²) in [6, 6.07) is 7.58. The molecule has 1 aromatic carbocycles. The minimum atomic E-state index is -4.20. The minimum Gasteiger partial charge on any atom is -0.314 e. The molecule has 0 saturated heterocycles. The molecule has 2 fully saturated rings. The molecule has 1 N–H and O–H groups in total. The van der Waals surface area contributed by atoms with Gasteiger partial charge in [-0.1, -0.05) is 12.1 Å². The van der Waals surface area contributed by atoms with Crippen molar-refractivity contribution < 1.29 is 13.2 Å². The quantitative estimate of drug-likeness (QED) is 0.816. The Hall–Kier alpha value is -0.680. The van der Waals surface area contributed by atoms with E-state index in [-0.39, 0.29) is 16.7 Å². The van der Waals surface area contributed by atoms with Gasteiger partial charge < -0.3 is 5.32 Å². The van der Waals surface area contributed by atoms with E-state index in [0.717, 1.165) is 19.0 Å². The maximum atomic E-state index is 12.2. The fraction of sp³-hybridized carbons (Fsp3) is 0.571. The topological polar surface area (TPSA) is 12.0 Å². The smallest absolute Gasteiger partial charge is 0.314 e.